The average Bonchev–Trinajstić information content (AvgIpc) is 2.89. The summed E-state index contributed by atoms with van der Waals surface area (Å²) in [6.07, 6.45) is 7.20. The Balaban J connectivity index is 0.00000135. The maximum atomic E-state index is 4.50. The first-order valence-corrected chi connectivity index (χ1v) is 8.68. The van der Waals surface area contributed by atoms with Crippen LogP contribution >= 0.6 is 0 Å². The third-order valence-corrected chi connectivity index (χ3v) is 6.29. The molecule has 123 valence electrons. The van der Waals surface area contributed by atoms with Gasteiger partial charge in [0.05, 0.1) is 5.82 Å². The van der Waals surface area contributed by atoms with Crippen molar-refractivity contribution in [2.75, 3.05) is 0 Å². The Morgan fingerprint density at radius 2 is 1.70 bits per heavy atom. The predicted molar refractivity (Wildman–Crippen MR) is 85.1 cm³/mol. The van der Waals surface area contributed by atoms with Gasteiger partial charge in [-0.1, -0.05) is 0 Å². The van der Waals surface area contributed by atoms with Gasteiger partial charge in [-0.15, -0.1) is 41.0 Å². The summed E-state index contributed by atoms with van der Waals surface area (Å²) in [7, 11) is 0. The van der Waals surface area contributed by atoms with Crippen LogP contribution < -0.4 is 0 Å². The summed E-state index contributed by atoms with van der Waals surface area (Å²) >= 11 is 0. The predicted octanol–water partition coefficient (Wildman–Crippen LogP) is 4.05. The molecule has 0 N–H and O–H groups in total. The minimum atomic E-state index is 0. The quantitative estimate of drug-likeness (QED) is 0.603. The van der Waals surface area contributed by atoms with E-state index in [1.807, 2.05) is 12.1 Å². The molecule has 1 heterocycles. The van der Waals surface area contributed by atoms with Gasteiger partial charge in [0.2, 0.25) is 0 Å². The van der Waals surface area contributed by atoms with Crippen molar-refractivity contribution in [3.8, 4) is 11.4 Å². The number of aryl methyl sites for hydroxylation is 1. The molecule has 0 atom stereocenters. The first kappa shape index (κ1) is 15.5. The number of rotatable bonds is 2. The molecule has 1 radical (unpaired) electrons. The zero-order valence-electron chi connectivity index (χ0n) is 13.4. The van der Waals surface area contributed by atoms with Crippen LogP contribution in [0.15, 0.2) is 24.3 Å². The van der Waals surface area contributed by atoms with Crippen molar-refractivity contribution < 1.29 is 20.1 Å². The van der Waals surface area contributed by atoms with Crippen LogP contribution in [0, 0.1) is 36.7 Å². The van der Waals surface area contributed by atoms with Crippen LogP contribution in [0.25, 0.3) is 11.4 Å². The molecule has 4 fully saturated rings. The first-order chi connectivity index (χ1) is 10.8. The molecular formula is C19H22IrN3-. The summed E-state index contributed by atoms with van der Waals surface area (Å²) in [6.45, 7) is 2.12. The molecule has 0 spiro atoms. The topological polar surface area (TPSA) is 30.7 Å². The maximum Gasteiger partial charge on any atom is 0.121 e. The van der Waals surface area contributed by atoms with Gasteiger partial charge in [0.25, 0.3) is 0 Å². The molecule has 4 aliphatic carbocycles. The molecule has 0 amide bonds. The molecule has 1 aromatic carbocycles. The van der Waals surface area contributed by atoms with Crippen molar-refractivity contribution in [3.63, 3.8) is 0 Å². The van der Waals surface area contributed by atoms with Crippen molar-refractivity contribution in [1.82, 2.24) is 14.8 Å². The van der Waals surface area contributed by atoms with Gasteiger partial charge in [-0.25, -0.2) is 0 Å². The third-order valence-electron chi connectivity index (χ3n) is 6.29. The van der Waals surface area contributed by atoms with Gasteiger partial charge in [-0.05, 0) is 62.7 Å². The average molecular weight is 485 g/mol. The Bertz CT molecular complexity index is 666. The minimum absolute atomic E-state index is 0. The van der Waals surface area contributed by atoms with E-state index in [0.29, 0.717) is 6.04 Å². The summed E-state index contributed by atoms with van der Waals surface area (Å²) in [6, 6.07) is 12.1. The van der Waals surface area contributed by atoms with Crippen LogP contribution in [0.4, 0.5) is 0 Å². The molecule has 6 rings (SSSR count). The fourth-order valence-electron chi connectivity index (χ4n) is 5.76. The Hall–Kier alpha value is -0.991. The van der Waals surface area contributed by atoms with E-state index in [1.54, 1.807) is 0 Å². The zero-order chi connectivity index (χ0) is 14.7. The number of nitrogens with zero attached hydrogens (tertiary/aromatic N) is 3. The molecule has 4 aliphatic rings. The van der Waals surface area contributed by atoms with E-state index in [4.69, 9.17) is 0 Å². The second-order valence-corrected chi connectivity index (χ2v) is 7.64. The van der Waals surface area contributed by atoms with Crippen molar-refractivity contribution in [1.29, 1.82) is 0 Å². The Morgan fingerprint density at radius 1 is 1.00 bits per heavy atom. The summed E-state index contributed by atoms with van der Waals surface area (Å²) < 4.78 is 2.46. The Kier molecular flexibility index (Phi) is 3.93. The zero-order valence-corrected chi connectivity index (χ0v) is 15.8. The van der Waals surface area contributed by atoms with E-state index < -0.39 is 0 Å². The van der Waals surface area contributed by atoms with Crippen molar-refractivity contribution in [2.45, 2.75) is 45.1 Å². The summed E-state index contributed by atoms with van der Waals surface area (Å²) in [5, 5.41) is 8.92. The van der Waals surface area contributed by atoms with Gasteiger partial charge in [0.15, 0.2) is 0 Å². The van der Waals surface area contributed by atoms with Crippen molar-refractivity contribution in [2.24, 2.45) is 23.7 Å². The van der Waals surface area contributed by atoms with Crippen LogP contribution in [0.1, 0.15) is 44.0 Å². The normalized spacial score (nSPS) is 34.4. The van der Waals surface area contributed by atoms with Crippen LogP contribution in [0.2, 0.25) is 0 Å². The van der Waals surface area contributed by atoms with E-state index in [9.17, 15) is 0 Å². The molecule has 4 heteroatoms. The van der Waals surface area contributed by atoms with E-state index >= 15 is 0 Å². The van der Waals surface area contributed by atoms with Crippen LogP contribution in [0.5, 0.6) is 0 Å². The van der Waals surface area contributed by atoms with Gasteiger partial charge in [-0.3, -0.25) is 0 Å². The van der Waals surface area contributed by atoms with E-state index in [2.05, 4.69) is 39.9 Å². The molecule has 4 saturated carbocycles. The molecule has 1 aromatic heterocycles. The molecule has 0 saturated heterocycles. The molecule has 0 aliphatic heterocycles. The number of aromatic nitrogens is 3. The summed E-state index contributed by atoms with van der Waals surface area (Å²) in [5.74, 6) is 5.78. The third kappa shape index (κ3) is 2.42. The van der Waals surface area contributed by atoms with Gasteiger partial charge >= 0.3 is 0 Å². The SMILES string of the molecule is Cc1nnc(-c2[c-]cccc2)n1C1C2CC3CC(C2)CC1C3.[Ir]. The molecular weight excluding hydrogens is 462 g/mol. The number of benzene rings is 1. The van der Waals surface area contributed by atoms with Crippen LogP contribution in [-0.2, 0) is 20.1 Å². The molecule has 23 heavy (non-hydrogen) atoms. The smallest absolute Gasteiger partial charge is 0.121 e. The maximum absolute atomic E-state index is 4.50. The summed E-state index contributed by atoms with van der Waals surface area (Å²) in [4.78, 5) is 0. The van der Waals surface area contributed by atoms with Gasteiger partial charge in [0, 0.05) is 26.1 Å². The van der Waals surface area contributed by atoms with Crippen molar-refractivity contribution >= 4 is 0 Å². The fraction of sp³-hybridized carbons (Fsp3) is 0.579. The van der Waals surface area contributed by atoms with Gasteiger partial charge < -0.3 is 4.57 Å². The molecule has 0 unspecified atom stereocenters. The van der Waals surface area contributed by atoms with Crippen LogP contribution in [0.3, 0.4) is 0 Å². The van der Waals surface area contributed by atoms with E-state index in [-0.39, 0.29) is 20.1 Å². The van der Waals surface area contributed by atoms with E-state index in [0.717, 1.165) is 40.9 Å². The first-order valence-electron chi connectivity index (χ1n) is 8.68. The second kappa shape index (κ2) is 5.82. The van der Waals surface area contributed by atoms with E-state index in [1.165, 1.54) is 32.1 Å². The number of hydrogen-bond donors (Lipinski definition) is 0. The molecule has 2 aromatic rings. The minimum Gasteiger partial charge on any atom is -0.348 e. The monoisotopic (exact) mass is 485 g/mol. The standard InChI is InChI=1S/C19H22N3.Ir/c1-12-20-21-19(15-5-3-2-4-6-15)22(12)18-16-8-13-7-14(10-16)11-17(18)9-13;/h2-5,13-14,16-18H,7-11H2,1H3;/q-1;. The van der Waals surface area contributed by atoms with Gasteiger partial charge in [-0.2, -0.15) is 5.10 Å². The fourth-order valence-corrected chi connectivity index (χ4v) is 5.76. The summed E-state index contributed by atoms with van der Waals surface area (Å²) in [5.41, 5.74) is 1.08. The molecule has 4 bridgehead atoms. The molecule has 3 nitrogen and oxygen atoms in total. The van der Waals surface area contributed by atoms with Crippen molar-refractivity contribution in [3.05, 3.63) is 36.2 Å². The second-order valence-electron chi connectivity index (χ2n) is 7.64. The van der Waals surface area contributed by atoms with Crippen LogP contribution in [-0.4, -0.2) is 14.8 Å². The Morgan fingerprint density at radius 3 is 2.30 bits per heavy atom. The Labute approximate surface area is 151 Å². The largest absolute Gasteiger partial charge is 0.348 e. The number of hydrogen-bond acceptors (Lipinski definition) is 2. The van der Waals surface area contributed by atoms with Gasteiger partial charge in [0.1, 0.15) is 5.82 Å².